The van der Waals surface area contributed by atoms with Gasteiger partial charge in [0.25, 0.3) is 0 Å². The van der Waals surface area contributed by atoms with Crippen LogP contribution in [0.1, 0.15) is 51.4 Å². The molecule has 2 atom stereocenters. The van der Waals surface area contributed by atoms with Gasteiger partial charge in [0.1, 0.15) is 0 Å². The monoisotopic (exact) mass is 300 g/mol. The zero-order valence-corrected chi connectivity index (χ0v) is 13.2. The van der Waals surface area contributed by atoms with Crippen LogP contribution in [-0.2, 0) is 10.0 Å². The van der Waals surface area contributed by atoms with E-state index in [0.29, 0.717) is 23.6 Å². The van der Waals surface area contributed by atoms with Crippen molar-refractivity contribution < 1.29 is 8.42 Å². The van der Waals surface area contributed by atoms with E-state index in [4.69, 9.17) is 0 Å². The normalized spacial score (nSPS) is 33.2. The number of hydrogen-bond donors (Lipinski definition) is 1. The molecule has 0 amide bonds. The number of rotatable bonds is 4. The first-order valence-electron chi connectivity index (χ1n) is 8.37. The average Bonchev–Trinajstić information content (AvgIpc) is 2.94. The Labute approximate surface area is 123 Å². The number of piperidine rings is 2. The van der Waals surface area contributed by atoms with Crippen LogP contribution in [0, 0.1) is 11.8 Å². The van der Waals surface area contributed by atoms with Gasteiger partial charge in [0.05, 0.1) is 5.75 Å². The Bertz CT molecular complexity index is 418. The molecule has 1 N–H and O–H groups in total. The molecule has 0 spiro atoms. The third-order valence-corrected chi connectivity index (χ3v) is 7.46. The van der Waals surface area contributed by atoms with Gasteiger partial charge in [-0.05, 0) is 69.9 Å². The lowest BCUT2D eigenvalue weighted by Gasteiger charge is -2.37. The molecule has 5 heteroatoms. The fourth-order valence-corrected chi connectivity index (χ4v) is 6.32. The van der Waals surface area contributed by atoms with Crippen molar-refractivity contribution in [1.29, 1.82) is 0 Å². The van der Waals surface area contributed by atoms with Crippen LogP contribution in [0.2, 0.25) is 0 Å². The molecule has 3 aliphatic rings. The average molecular weight is 300 g/mol. The number of nitrogens with one attached hydrogen (secondary N) is 1. The Morgan fingerprint density at radius 1 is 1.00 bits per heavy atom. The second-order valence-electron chi connectivity index (χ2n) is 6.81. The lowest BCUT2D eigenvalue weighted by atomic mass is 9.94. The first-order chi connectivity index (χ1) is 9.67. The number of hydrogen-bond acceptors (Lipinski definition) is 3. The lowest BCUT2D eigenvalue weighted by molar-refractivity contribution is 0.201. The number of fused-ring (bicyclic) bond motifs is 1. The van der Waals surface area contributed by atoms with Crippen molar-refractivity contribution in [3.05, 3.63) is 0 Å². The maximum absolute atomic E-state index is 12.7. The van der Waals surface area contributed by atoms with Gasteiger partial charge in [0.15, 0.2) is 0 Å². The smallest absolute Gasteiger partial charge is 0.214 e. The zero-order valence-electron chi connectivity index (χ0n) is 12.4. The number of sulfonamides is 1. The standard InChI is InChI=1S/C15H28N2O2S/c18-20(19,12-8-13-6-9-16-10-7-13)17-11-2-4-14-3-1-5-15(14)17/h13-16H,1-12H2. The summed E-state index contributed by atoms with van der Waals surface area (Å²) in [7, 11) is -3.02. The molecule has 2 heterocycles. The van der Waals surface area contributed by atoms with Crippen LogP contribution < -0.4 is 5.32 Å². The highest BCUT2D eigenvalue weighted by Crippen LogP contribution is 2.38. The Morgan fingerprint density at radius 2 is 1.75 bits per heavy atom. The third-order valence-electron chi connectivity index (χ3n) is 5.54. The summed E-state index contributed by atoms with van der Waals surface area (Å²) in [5.74, 6) is 1.63. The molecule has 3 rings (SSSR count). The highest BCUT2D eigenvalue weighted by Gasteiger charge is 2.40. The quantitative estimate of drug-likeness (QED) is 0.863. The van der Waals surface area contributed by atoms with Crippen molar-refractivity contribution in [2.75, 3.05) is 25.4 Å². The van der Waals surface area contributed by atoms with Crippen molar-refractivity contribution >= 4 is 10.0 Å². The van der Waals surface area contributed by atoms with E-state index >= 15 is 0 Å². The van der Waals surface area contributed by atoms with Crippen LogP contribution in [0.5, 0.6) is 0 Å². The minimum Gasteiger partial charge on any atom is -0.317 e. The molecule has 0 aromatic carbocycles. The van der Waals surface area contributed by atoms with Crippen molar-refractivity contribution in [3.63, 3.8) is 0 Å². The van der Waals surface area contributed by atoms with Crippen molar-refractivity contribution in [3.8, 4) is 0 Å². The summed E-state index contributed by atoms with van der Waals surface area (Å²) >= 11 is 0. The molecule has 0 aromatic heterocycles. The first kappa shape index (κ1) is 14.8. The van der Waals surface area contributed by atoms with Gasteiger partial charge in [0, 0.05) is 12.6 Å². The van der Waals surface area contributed by atoms with Crippen molar-refractivity contribution in [1.82, 2.24) is 9.62 Å². The van der Waals surface area contributed by atoms with Crippen LogP contribution in [0.25, 0.3) is 0 Å². The molecule has 0 aromatic rings. The molecule has 1 aliphatic carbocycles. The summed E-state index contributed by atoms with van der Waals surface area (Å²) in [6.07, 6.45) is 9.00. The van der Waals surface area contributed by atoms with Gasteiger partial charge in [-0.2, -0.15) is 4.31 Å². The minimum absolute atomic E-state index is 0.335. The summed E-state index contributed by atoms with van der Waals surface area (Å²) in [5, 5.41) is 3.35. The van der Waals surface area contributed by atoms with E-state index in [1.54, 1.807) is 0 Å². The highest BCUT2D eigenvalue weighted by atomic mass is 32.2. The van der Waals surface area contributed by atoms with Crippen molar-refractivity contribution in [2.24, 2.45) is 11.8 Å². The predicted molar refractivity (Wildman–Crippen MR) is 81.1 cm³/mol. The molecule has 1 saturated carbocycles. The second-order valence-corrected chi connectivity index (χ2v) is 8.85. The Morgan fingerprint density at radius 3 is 2.55 bits per heavy atom. The number of nitrogens with zero attached hydrogens (tertiary/aromatic N) is 1. The maximum atomic E-state index is 12.7. The van der Waals surface area contributed by atoms with Crippen LogP contribution in [0.3, 0.4) is 0 Å². The van der Waals surface area contributed by atoms with E-state index in [9.17, 15) is 8.42 Å². The Balaban J connectivity index is 1.59. The topological polar surface area (TPSA) is 49.4 Å². The van der Waals surface area contributed by atoms with Gasteiger partial charge in [-0.1, -0.05) is 6.42 Å². The van der Waals surface area contributed by atoms with Crippen LogP contribution in [0.4, 0.5) is 0 Å². The summed E-state index contributed by atoms with van der Waals surface area (Å²) in [6, 6.07) is 0.335. The molecule has 0 radical (unpaired) electrons. The molecule has 116 valence electrons. The molecule has 4 nitrogen and oxygen atoms in total. The summed E-state index contributed by atoms with van der Waals surface area (Å²) in [6.45, 7) is 2.88. The maximum Gasteiger partial charge on any atom is 0.214 e. The minimum atomic E-state index is -3.02. The van der Waals surface area contributed by atoms with Gasteiger partial charge in [-0.25, -0.2) is 8.42 Å². The molecule has 2 unspecified atom stereocenters. The molecule has 2 saturated heterocycles. The van der Waals surface area contributed by atoms with E-state index < -0.39 is 10.0 Å². The fraction of sp³-hybridized carbons (Fsp3) is 1.00. The van der Waals surface area contributed by atoms with Crippen molar-refractivity contribution in [2.45, 2.75) is 57.4 Å². The van der Waals surface area contributed by atoms with Gasteiger partial charge in [-0.15, -0.1) is 0 Å². The van der Waals surface area contributed by atoms with Gasteiger partial charge in [0.2, 0.25) is 10.0 Å². The highest BCUT2D eigenvalue weighted by molar-refractivity contribution is 7.89. The fourth-order valence-electron chi connectivity index (χ4n) is 4.36. The van der Waals surface area contributed by atoms with E-state index in [1.807, 2.05) is 4.31 Å². The SMILES string of the molecule is O=S(=O)(CCC1CCNCC1)N1CCCC2CCCC21. The molecular formula is C15H28N2O2S. The molecule has 20 heavy (non-hydrogen) atoms. The van der Waals surface area contributed by atoms with Gasteiger partial charge in [-0.3, -0.25) is 0 Å². The van der Waals surface area contributed by atoms with E-state index in [0.717, 1.165) is 51.7 Å². The molecular weight excluding hydrogens is 272 g/mol. The first-order valence-corrected chi connectivity index (χ1v) is 9.98. The Hall–Kier alpha value is -0.130. The predicted octanol–water partition coefficient (Wildman–Crippen LogP) is 1.97. The van der Waals surface area contributed by atoms with Gasteiger partial charge < -0.3 is 5.32 Å². The summed E-state index contributed by atoms with van der Waals surface area (Å²) in [4.78, 5) is 0. The summed E-state index contributed by atoms with van der Waals surface area (Å²) in [5.41, 5.74) is 0. The Kier molecular flexibility index (Phi) is 4.68. The van der Waals surface area contributed by atoms with E-state index in [-0.39, 0.29) is 0 Å². The van der Waals surface area contributed by atoms with E-state index in [1.165, 1.54) is 19.3 Å². The lowest BCUT2D eigenvalue weighted by Crippen LogP contribution is -2.47. The van der Waals surface area contributed by atoms with E-state index in [2.05, 4.69) is 5.32 Å². The molecule has 2 aliphatic heterocycles. The second kappa shape index (κ2) is 6.32. The molecule has 0 bridgehead atoms. The summed E-state index contributed by atoms with van der Waals surface area (Å²) < 4.78 is 27.2. The molecule has 3 fully saturated rings. The van der Waals surface area contributed by atoms with Crippen LogP contribution in [-0.4, -0.2) is 44.2 Å². The van der Waals surface area contributed by atoms with Crippen LogP contribution >= 0.6 is 0 Å². The van der Waals surface area contributed by atoms with Crippen LogP contribution in [0.15, 0.2) is 0 Å². The van der Waals surface area contributed by atoms with Gasteiger partial charge >= 0.3 is 0 Å². The zero-order chi connectivity index (χ0) is 14.0. The largest absolute Gasteiger partial charge is 0.317 e. The third kappa shape index (κ3) is 3.20.